The summed E-state index contributed by atoms with van der Waals surface area (Å²) in [6.07, 6.45) is 0.968. The van der Waals surface area contributed by atoms with Crippen LogP contribution in [0.25, 0.3) is 0 Å². The van der Waals surface area contributed by atoms with E-state index >= 15 is 0 Å². The van der Waals surface area contributed by atoms with Gasteiger partial charge in [-0.3, -0.25) is 0 Å². The minimum atomic E-state index is 0.648. The van der Waals surface area contributed by atoms with Gasteiger partial charge in [0.15, 0.2) is 0 Å². The summed E-state index contributed by atoms with van der Waals surface area (Å²) in [6.45, 7) is 2.10. The Morgan fingerprint density at radius 1 is 1.11 bits per heavy atom. The second-order valence-electron chi connectivity index (χ2n) is 4.61. The number of hydrogen-bond donors (Lipinski definition) is 0. The second kappa shape index (κ2) is 5.98. The lowest BCUT2D eigenvalue weighted by atomic mass is 10.2. The quantitative estimate of drug-likeness (QED) is 0.798. The van der Waals surface area contributed by atoms with Crippen molar-refractivity contribution in [1.82, 2.24) is 0 Å². The van der Waals surface area contributed by atoms with E-state index in [4.69, 9.17) is 16.3 Å². The van der Waals surface area contributed by atoms with Crippen LogP contribution in [0.2, 0.25) is 5.02 Å². The van der Waals surface area contributed by atoms with Crippen molar-refractivity contribution in [2.24, 2.45) is 0 Å². The summed E-state index contributed by atoms with van der Waals surface area (Å²) in [4.78, 5) is 2.04. The molecule has 0 saturated carbocycles. The van der Waals surface area contributed by atoms with Crippen LogP contribution in [0.5, 0.6) is 11.5 Å². The van der Waals surface area contributed by atoms with Gasteiger partial charge in [0, 0.05) is 25.8 Å². The lowest BCUT2D eigenvalue weighted by Crippen LogP contribution is -2.08. The van der Waals surface area contributed by atoms with E-state index in [2.05, 4.69) is 6.92 Å². The highest BCUT2D eigenvalue weighted by atomic mass is 35.5. The molecule has 2 nitrogen and oxygen atoms in total. The van der Waals surface area contributed by atoms with E-state index in [9.17, 15) is 0 Å². The minimum absolute atomic E-state index is 0.648. The van der Waals surface area contributed by atoms with Gasteiger partial charge >= 0.3 is 0 Å². The number of aryl methyl sites for hydroxylation is 1. The molecule has 2 rings (SSSR count). The number of hydrogen-bond acceptors (Lipinski definition) is 2. The van der Waals surface area contributed by atoms with Crippen molar-refractivity contribution >= 4 is 17.3 Å². The maximum absolute atomic E-state index is 6.22. The molecule has 0 bridgehead atoms. The molecule has 0 aliphatic carbocycles. The molecule has 2 aromatic carbocycles. The standard InChI is InChI=1S/C16H18ClNO/c1-4-12-8-9-16(15(17)10-12)19-14-7-5-6-13(11-14)18(2)3/h5-11H,4H2,1-3H3. The van der Waals surface area contributed by atoms with E-state index in [-0.39, 0.29) is 0 Å². The Hall–Kier alpha value is -1.67. The van der Waals surface area contributed by atoms with Crippen molar-refractivity contribution in [2.75, 3.05) is 19.0 Å². The lowest BCUT2D eigenvalue weighted by molar-refractivity contribution is 0.483. The summed E-state index contributed by atoms with van der Waals surface area (Å²) in [5.41, 5.74) is 2.30. The summed E-state index contributed by atoms with van der Waals surface area (Å²) < 4.78 is 5.84. The van der Waals surface area contributed by atoms with Crippen LogP contribution < -0.4 is 9.64 Å². The molecular weight excluding hydrogens is 258 g/mol. The Bertz CT molecular complexity index is 566. The van der Waals surface area contributed by atoms with E-state index in [1.54, 1.807) is 0 Å². The zero-order valence-electron chi connectivity index (χ0n) is 11.5. The number of halogens is 1. The predicted molar refractivity (Wildman–Crippen MR) is 81.7 cm³/mol. The van der Waals surface area contributed by atoms with Crippen LogP contribution >= 0.6 is 11.6 Å². The first-order chi connectivity index (χ1) is 9.10. The normalized spacial score (nSPS) is 10.3. The molecule has 3 heteroatoms. The molecule has 0 atom stereocenters. The Morgan fingerprint density at radius 3 is 2.53 bits per heavy atom. The number of anilines is 1. The van der Waals surface area contributed by atoms with Crippen LogP contribution in [0, 0.1) is 0 Å². The van der Waals surface area contributed by atoms with Crippen LogP contribution in [-0.2, 0) is 6.42 Å². The zero-order chi connectivity index (χ0) is 13.8. The van der Waals surface area contributed by atoms with Crippen molar-refractivity contribution < 1.29 is 4.74 Å². The average Bonchev–Trinajstić information content (AvgIpc) is 2.41. The van der Waals surface area contributed by atoms with Crippen LogP contribution in [0.15, 0.2) is 42.5 Å². The zero-order valence-corrected chi connectivity index (χ0v) is 12.2. The monoisotopic (exact) mass is 275 g/mol. The van der Waals surface area contributed by atoms with Crippen molar-refractivity contribution in [1.29, 1.82) is 0 Å². The van der Waals surface area contributed by atoms with E-state index in [0.29, 0.717) is 10.8 Å². The molecule has 0 aliphatic heterocycles. The molecule has 0 amide bonds. The lowest BCUT2D eigenvalue weighted by Gasteiger charge is -2.14. The maximum atomic E-state index is 6.22. The maximum Gasteiger partial charge on any atom is 0.146 e. The summed E-state index contributed by atoms with van der Waals surface area (Å²) in [7, 11) is 4.00. The highest BCUT2D eigenvalue weighted by Gasteiger charge is 2.05. The van der Waals surface area contributed by atoms with E-state index < -0.39 is 0 Å². The highest BCUT2D eigenvalue weighted by molar-refractivity contribution is 6.32. The molecule has 0 radical (unpaired) electrons. The molecule has 19 heavy (non-hydrogen) atoms. The molecule has 0 spiro atoms. The van der Waals surface area contributed by atoms with Crippen molar-refractivity contribution in [3.63, 3.8) is 0 Å². The smallest absolute Gasteiger partial charge is 0.146 e. The molecule has 0 aliphatic rings. The van der Waals surface area contributed by atoms with Crippen LogP contribution in [0.3, 0.4) is 0 Å². The van der Waals surface area contributed by atoms with Crippen molar-refractivity contribution in [3.05, 3.63) is 53.1 Å². The van der Waals surface area contributed by atoms with Gasteiger partial charge in [-0.15, -0.1) is 0 Å². The van der Waals surface area contributed by atoms with Gasteiger partial charge in [-0.05, 0) is 36.2 Å². The second-order valence-corrected chi connectivity index (χ2v) is 5.02. The Labute approximate surface area is 119 Å². The molecule has 0 N–H and O–H groups in total. The van der Waals surface area contributed by atoms with Gasteiger partial charge in [-0.25, -0.2) is 0 Å². The predicted octanol–water partition coefficient (Wildman–Crippen LogP) is 4.76. The van der Waals surface area contributed by atoms with E-state index in [1.165, 1.54) is 5.56 Å². The Morgan fingerprint density at radius 2 is 1.89 bits per heavy atom. The summed E-state index contributed by atoms with van der Waals surface area (Å²) in [6, 6.07) is 13.8. The fourth-order valence-electron chi connectivity index (χ4n) is 1.80. The highest BCUT2D eigenvalue weighted by Crippen LogP contribution is 2.31. The van der Waals surface area contributed by atoms with Gasteiger partial charge in [0.05, 0.1) is 5.02 Å². The molecule has 100 valence electrons. The molecule has 2 aromatic rings. The largest absolute Gasteiger partial charge is 0.456 e. The first-order valence-electron chi connectivity index (χ1n) is 6.34. The molecule has 0 heterocycles. The molecule has 0 fully saturated rings. The van der Waals surface area contributed by atoms with Crippen molar-refractivity contribution in [2.45, 2.75) is 13.3 Å². The van der Waals surface area contributed by atoms with Crippen LogP contribution in [-0.4, -0.2) is 14.1 Å². The fraction of sp³-hybridized carbons (Fsp3) is 0.250. The van der Waals surface area contributed by atoms with Gasteiger partial charge in [0.2, 0.25) is 0 Å². The van der Waals surface area contributed by atoms with Crippen LogP contribution in [0.4, 0.5) is 5.69 Å². The van der Waals surface area contributed by atoms with E-state index in [0.717, 1.165) is 17.9 Å². The number of rotatable bonds is 4. The fourth-order valence-corrected chi connectivity index (χ4v) is 2.04. The first-order valence-corrected chi connectivity index (χ1v) is 6.71. The number of benzene rings is 2. The molecule has 0 saturated heterocycles. The third-order valence-corrected chi connectivity index (χ3v) is 3.26. The first kappa shape index (κ1) is 13.8. The SMILES string of the molecule is CCc1ccc(Oc2cccc(N(C)C)c2)c(Cl)c1. The van der Waals surface area contributed by atoms with Crippen molar-refractivity contribution in [3.8, 4) is 11.5 Å². The summed E-state index contributed by atoms with van der Waals surface area (Å²) in [5, 5.41) is 0.648. The van der Waals surface area contributed by atoms with Gasteiger partial charge in [-0.1, -0.05) is 30.7 Å². The van der Waals surface area contributed by atoms with Gasteiger partial charge < -0.3 is 9.64 Å². The molecule has 0 unspecified atom stereocenters. The summed E-state index contributed by atoms with van der Waals surface area (Å²) in [5.74, 6) is 1.48. The van der Waals surface area contributed by atoms with Gasteiger partial charge in [-0.2, -0.15) is 0 Å². The molecule has 0 aromatic heterocycles. The Balaban J connectivity index is 2.23. The third kappa shape index (κ3) is 3.42. The third-order valence-electron chi connectivity index (χ3n) is 2.97. The van der Waals surface area contributed by atoms with Crippen LogP contribution in [0.1, 0.15) is 12.5 Å². The topological polar surface area (TPSA) is 12.5 Å². The summed E-state index contributed by atoms with van der Waals surface area (Å²) >= 11 is 6.22. The van der Waals surface area contributed by atoms with Gasteiger partial charge in [0.25, 0.3) is 0 Å². The number of nitrogens with zero attached hydrogens (tertiary/aromatic N) is 1. The average molecular weight is 276 g/mol. The molecular formula is C16H18ClNO. The van der Waals surface area contributed by atoms with Gasteiger partial charge in [0.1, 0.15) is 11.5 Å². The minimum Gasteiger partial charge on any atom is -0.456 e. The van der Waals surface area contributed by atoms with E-state index in [1.807, 2.05) is 61.5 Å². The number of ether oxygens (including phenoxy) is 1. The Kier molecular flexibility index (Phi) is 4.33.